The van der Waals surface area contributed by atoms with Crippen molar-refractivity contribution in [1.82, 2.24) is 34.0 Å². The van der Waals surface area contributed by atoms with Gasteiger partial charge in [0.2, 0.25) is 11.9 Å². The van der Waals surface area contributed by atoms with Crippen LogP contribution in [0.15, 0.2) is 30.6 Å². The van der Waals surface area contributed by atoms with E-state index in [0.717, 1.165) is 29.7 Å². The quantitative estimate of drug-likeness (QED) is 0.415. The Balaban J connectivity index is 1.41. The molecule has 5 N–H and O–H groups in total. The van der Waals surface area contributed by atoms with Crippen molar-refractivity contribution in [2.75, 3.05) is 24.6 Å². The van der Waals surface area contributed by atoms with Gasteiger partial charge in [-0.25, -0.2) is 9.97 Å². The fourth-order valence-electron chi connectivity index (χ4n) is 4.40. The van der Waals surface area contributed by atoms with Gasteiger partial charge in [-0.1, -0.05) is 19.1 Å². The summed E-state index contributed by atoms with van der Waals surface area (Å²) < 4.78 is 3.69. The molecule has 0 saturated carbocycles. The fourth-order valence-corrected chi connectivity index (χ4v) is 4.40. The van der Waals surface area contributed by atoms with Gasteiger partial charge in [0, 0.05) is 19.5 Å². The summed E-state index contributed by atoms with van der Waals surface area (Å²) >= 11 is 0. The first kappa shape index (κ1) is 20.2. The molecule has 1 aliphatic heterocycles. The summed E-state index contributed by atoms with van der Waals surface area (Å²) in [4.78, 5) is 32.0. The maximum absolute atomic E-state index is 13.2. The van der Waals surface area contributed by atoms with Gasteiger partial charge < -0.3 is 30.6 Å². The molecule has 1 saturated heterocycles. The first-order valence-corrected chi connectivity index (χ1v) is 10.6. The number of hydrogen-bond donors (Lipinski definition) is 3. The number of β-amino-alcohol motifs (C(OH)–C–C–N with tert-alkyl or cyclic N) is 1. The number of aliphatic hydroxyl groups is 1. The van der Waals surface area contributed by atoms with E-state index in [0.29, 0.717) is 17.7 Å². The van der Waals surface area contributed by atoms with Crippen LogP contribution in [0.1, 0.15) is 25.2 Å². The van der Waals surface area contributed by atoms with Crippen molar-refractivity contribution >= 4 is 39.9 Å². The van der Waals surface area contributed by atoms with E-state index in [9.17, 15) is 9.90 Å². The third-order valence-corrected chi connectivity index (χ3v) is 5.94. The summed E-state index contributed by atoms with van der Waals surface area (Å²) in [6.45, 7) is 2.80. The Hall–Kier alpha value is -3.73. The number of amides is 1. The molecule has 1 amide bonds. The number of aliphatic hydroxyl groups excluding tert-OH is 1. The molecule has 3 aromatic heterocycles. The van der Waals surface area contributed by atoms with Gasteiger partial charge in [-0.15, -0.1) is 0 Å². The highest BCUT2D eigenvalue weighted by Gasteiger charge is 2.36. The predicted octanol–water partition coefficient (Wildman–Crippen LogP) is 0.737. The lowest BCUT2D eigenvalue weighted by molar-refractivity contribution is -0.131. The number of carbonyl (C=O) groups is 1. The first-order chi connectivity index (χ1) is 15.5. The number of likely N-dealkylation sites (tertiary alicyclic amines) is 1. The number of rotatable bonds is 5. The van der Waals surface area contributed by atoms with E-state index in [1.165, 1.54) is 0 Å². The molecule has 0 unspecified atom stereocenters. The second-order valence-corrected chi connectivity index (χ2v) is 8.08. The van der Waals surface area contributed by atoms with Crippen molar-refractivity contribution in [3.8, 4) is 0 Å². The van der Waals surface area contributed by atoms with Crippen molar-refractivity contribution in [2.24, 2.45) is 0 Å². The average molecular weight is 435 g/mol. The molecule has 4 heterocycles. The average Bonchev–Trinajstić information content (AvgIpc) is 3.44. The number of nitrogens with zero attached hydrogens (tertiary/aromatic N) is 7. The first-order valence-electron chi connectivity index (χ1n) is 10.6. The summed E-state index contributed by atoms with van der Waals surface area (Å²) in [7, 11) is 0. The van der Waals surface area contributed by atoms with Crippen molar-refractivity contribution in [3.05, 3.63) is 36.4 Å². The van der Waals surface area contributed by atoms with Crippen LogP contribution < -0.4 is 11.5 Å². The van der Waals surface area contributed by atoms with Crippen LogP contribution in [0, 0.1) is 0 Å². The number of nitrogens with two attached hydrogens (primary N) is 2. The molecular weight excluding hydrogens is 410 g/mol. The molecule has 0 bridgehead atoms. The highest BCUT2D eigenvalue weighted by atomic mass is 16.3. The van der Waals surface area contributed by atoms with Crippen LogP contribution in [0.4, 0.5) is 11.8 Å². The number of nitrogen functional groups attached to an aromatic ring is 2. The molecule has 1 fully saturated rings. The largest absolute Gasteiger partial charge is 0.389 e. The van der Waals surface area contributed by atoms with Crippen LogP contribution in [0.2, 0.25) is 0 Å². The summed E-state index contributed by atoms with van der Waals surface area (Å²) in [5, 5.41) is 10.7. The molecule has 32 heavy (non-hydrogen) atoms. The number of anilines is 2. The zero-order valence-corrected chi connectivity index (χ0v) is 17.7. The molecule has 11 nitrogen and oxygen atoms in total. The van der Waals surface area contributed by atoms with E-state index in [1.807, 2.05) is 28.8 Å². The maximum atomic E-state index is 13.2. The summed E-state index contributed by atoms with van der Waals surface area (Å²) in [6.07, 6.45) is 2.50. The molecule has 0 spiro atoms. The van der Waals surface area contributed by atoms with Gasteiger partial charge in [0.05, 0.1) is 29.5 Å². The summed E-state index contributed by atoms with van der Waals surface area (Å²) in [6, 6.07) is 7.40. The van der Waals surface area contributed by atoms with Crippen LogP contribution in [-0.4, -0.2) is 64.2 Å². The van der Waals surface area contributed by atoms with Gasteiger partial charge in [0.1, 0.15) is 17.9 Å². The van der Waals surface area contributed by atoms with Gasteiger partial charge in [0.15, 0.2) is 11.5 Å². The number of aromatic nitrogens is 6. The summed E-state index contributed by atoms with van der Waals surface area (Å²) in [5.41, 5.74) is 14.3. The number of imidazole rings is 2. The highest BCUT2D eigenvalue weighted by Crippen LogP contribution is 2.28. The van der Waals surface area contributed by atoms with E-state index in [1.54, 1.807) is 15.8 Å². The maximum Gasteiger partial charge on any atom is 0.242 e. The second kappa shape index (κ2) is 7.75. The van der Waals surface area contributed by atoms with Gasteiger partial charge in [-0.2, -0.15) is 9.97 Å². The lowest BCUT2D eigenvalue weighted by Gasteiger charge is -2.18. The van der Waals surface area contributed by atoms with E-state index in [-0.39, 0.29) is 30.8 Å². The zero-order chi connectivity index (χ0) is 22.4. The number of hydrogen-bond acceptors (Lipinski definition) is 8. The monoisotopic (exact) mass is 435 g/mol. The number of fused-ring (bicyclic) bond motifs is 2. The Kier molecular flexibility index (Phi) is 4.89. The minimum absolute atomic E-state index is 0.0348. The van der Waals surface area contributed by atoms with Crippen LogP contribution in [0.25, 0.3) is 22.2 Å². The van der Waals surface area contributed by atoms with Gasteiger partial charge in [-0.05, 0) is 18.6 Å². The third kappa shape index (κ3) is 3.30. The number of benzene rings is 1. The number of aryl methyl sites for hydroxylation is 1. The molecule has 0 aliphatic carbocycles. The van der Waals surface area contributed by atoms with Crippen molar-refractivity contribution < 1.29 is 9.90 Å². The minimum Gasteiger partial charge on any atom is -0.389 e. The van der Waals surface area contributed by atoms with Gasteiger partial charge >= 0.3 is 0 Å². The second-order valence-electron chi connectivity index (χ2n) is 8.08. The Bertz CT molecular complexity index is 1310. The molecule has 1 aromatic carbocycles. The van der Waals surface area contributed by atoms with Crippen molar-refractivity contribution in [3.63, 3.8) is 0 Å². The van der Waals surface area contributed by atoms with Crippen molar-refractivity contribution in [2.45, 2.75) is 38.5 Å². The molecule has 4 aromatic rings. The highest BCUT2D eigenvalue weighted by molar-refractivity contribution is 5.83. The van der Waals surface area contributed by atoms with E-state index < -0.39 is 12.1 Å². The Morgan fingerprint density at radius 1 is 1.19 bits per heavy atom. The van der Waals surface area contributed by atoms with Crippen molar-refractivity contribution in [1.29, 1.82) is 0 Å². The smallest absolute Gasteiger partial charge is 0.242 e. The number of para-hydroxylation sites is 2. The number of carbonyl (C=O) groups excluding carboxylic acids is 1. The SMILES string of the molecule is CCCc1nc2ccccc2n1CC(=O)N1C[C@H](O)[C@@H](n2cnc3c(N)nc(N)nc32)C1. The molecule has 166 valence electrons. The zero-order valence-electron chi connectivity index (χ0n) is 17.7. The van der Waals surface area contributed by atoms with Gasteiger partial charge in [-0.3, -0.25) is 4.79 Å². The normalized spacial score (nSPS) is 18.8. The lowest BCUT2D eigenvalue weighted by atomic mass is 10.2. The Labute approximate surface area is 183 Å². The van der Waals surface area contributed by atoms with E-state index in [4.69, 9.17) is 16.5 Å². The van der Waals surface area contributed by atoms with E-state index in [2.05, 4.69) is 21.9 Å². The van der Waals surface area contributed by atoms with Crippen LogP contribution in [-0.2, 0) is 17.8 Å². The third-order valence-electron chi connectivity index (χ3n) is 5.94. The predicted molar refractivity (Wildman–Crippen MR) is 119 cm³/mol. The van der Waals surface area contributed by atoms with Crippen LogP contribution in [0.5, 0.6) is 0 Å². The van der Waals surface area contributed by atoms with Gasteiger partial charge in [0.25, 0.3) is 0 Å². The topological polar surface area (TPSA) is 154 Å². The standard InChI is InChI=1S/C21H25N9O2/c1-2-5-16-25-12-6-3-4-7-13(12)29(16)10-17(32)28-8-14(15(31)9-28)30-11-24-18-19(22)26-21(23)27-20(18)30/h3-4,6-7,11,14-15,31H,2,5,8-10H2,1H3,(H4,22,23,26,27)/t14-,15-/m0/s1. The van der Waals surface area contributed by atoms with Crippen LogP contribution >= 0.6 is 0 Å². The Morgan fingerprint density at radius 2 is 2.00 bits per heavy atom. The molecule has 1 aliphatic rings. The minimum atomic E-state index is -0.775. The summed E-state index contributed by atoms with van der Waals surface area (Å²) in [5.74, 6) is 1.03. The van der Waals surface area contributed by atoms with E-state index >= 15 is 0 Å². The molecule has 5 rings (SSSR count). The lowest BCUT2D eigenvalue weighted by Crippen LogP contribution is -2.33. The Morgan fingerprint density at radius 3 is 2.81 bits per heavy atom. The molecule has 11 heteroatoms. The molecule has 2 atom stereocenters. The fraction of sp³-hybridized carbons (Fsp3) is 0.381. The molecular formula is C21H25N9O2. The van der Waals surface area contributed by atoms with Crippen LogP contribution in [0.3, 0.4) is 0 Å². The molecule has 0 radical (unpaired) electrons.